The van der Waals surface area contributed by atoms with Crippen molar-refractivity contribution >= 4 is 21.8 Å². The molecule has 8 heteroatoms. The number of esters is 1. The minimum atomic E-state index is -3.88. The molecule has 1 saturated heterocycles. The zero-order valence-corrected chi connectivity index (χ0v) is 19.0. The van der Waals surface area contributed by atoms with Crippen molar-refractivity contribution in [2.75, 3.05) is 20.3 Å². The molecule has 2 aromatic rings. The minimum absolute atomic E-state index is 0.225. The maximum absolute atomic E-state index is 13.4. The second-order valence-corrected chi connectivity index (χ2v) is 9.56. The first-order valence-corrected chi connectivity index (χ1v) is 11.5. The van der Waals surface area contributed by atoms with Crippen LogP contribution in [0.15, 0.2) is 41.3 Å². The average Bonchev–Trinajstić information content (AvgIpc) is 3.21. The Hall–Kier alpha value is -2.71. The summed E-state index contributed by atoms with van der Waals surface area (Å²) in [6.45, 7) is 5.16. The molecule has 31 heavy (non-hydrogen) atoms. The Kier molecular flexibility index (Phi) is 6.81. The normalized spacial score (nSPS) is 16.8. The van der Waals surface area contributed by atoms with E-state index < -0.39 is 34.4 Å². The van der Waals surface area contributed by atoms with E-state index >= 15 is 0 Å². The Labute approximate surface area is 183 Å². The lowest BCUT2D eigenvalue weighted by atomic mass is 10.1. The molecule has 0 radical (unpaired) electrons. The highest BCUT2D eigenvalue weighted by molar-refractivity contribution is 7.89. The molecule has 1 fully saturated rings. The molecule has 0 spiro atoms. The average molecular weight is 446 g/mol. The van der Waals surface area contributed by atoms with Gasteiger partial charge in [0.25, 0.3) is 0 Å². The molecule has 2 aromatic carbocycles. The monoisotopic (exact) mass is 445 g/mol. The summed E-state index contributed by atoms with van der Waals surface area (Å²) in [7, 11) is -2.43. The maximum atomic E-state index is 13.4. The van der Waals surface area contributed by atoms with Crippen molar-refractivity contribution in [3.05, 3.63) is 58.7 Å². The summed E-state index contributed by atoms with van der Waals surface area (Å²) in [5.74, 6) is -0.742. The van der Waals surface area contributed by atoms with Gasteiger partial charge in [-0.15, -0.1) is 0 Å². The van der Waals surface area contributed by atoms with Crippen LogP contribution < -0.4 is 4.74 Å². The van der Waals surface area contributed by atoms with Gasteiger partial charge < -0.3 is 9.47 Å². The first kappa shape index (κ1) is 23.0. The number of hydrogen-bond acceptors (Lipinski definition) is 6. The van der Waals surface area contributed by atoms with E-state index in [2.05, 4.69) is 0 Å². The molecular formula is C23H27NO6S. The van der Waals surface area contributed by atoms with Gasteiger partial charge >= 0.3 is 5.97 Å². The molecule has 0 saturated carbocycles. The number of sulfonamides is 1. The number of carbonyl (C=O) groups excluding carboxylic acids is 2. The zero-order valence-electron chi connectivity index (χ0n) is 18.2. The molecule has 0 aromatic heterocycles. The molecule has 1 aliphatic heterocycles. The third-order valence-corrected chi connectivity index (χ3v) is 7.61. The van der Waals surface area contributed by atoms with Crippen LogP contribution in [0.4, 0.5) is 0 Å². The van der Waals surface area contributed by atoms with Crippen LogP contribution in [-0.4, -0.2) is 50.8 Å². The van der Waals surface area contributed by atoms with Gasteiger partial charge in [0.15, 0.2) is 6.61 Å². The topological polar surface area (TPSA) is 90.0 Å². The number of carbonyl (C=O) groups is 2. The third kappa shape index (κ3) is 4.65. The molecule has 1 heterocycles. The fourth-order valence-corrected chi connectivity index (χ4v) is 6.20. The van der Waals surface area contributed by atoms with Crippen LogP contribution in [0.2, 0.25) is 0 Å². The number of aryl methyl sites for hydroxylation is 3. The molecule has 3 rings (SSSR count). The lowest BCUT2D eigenvalue weighted by molar-refractivity contribution is -0.146. The van der Waals surface area contributed by atoms with Gasteiger partial charge in [0, 0.05) is 6.54 Å². The van der Waals surface area contributed by atoms with Gasteiger partial charge in [0.1, 0.15) is 11.8 Å². The highest BCUT2D eigenvalue weighted by atomic mass is 32.2. The molecule has 166 valence electrons. The predicted octanol–water partition coefficient (Wildman–Crippen LogP) is 3.20. The Morgan fingerprint density at radius 3 is 2.39 bits per heavy atom. The lowest BCUT2D eigenvalue weighted by Crippen LogP contribution is -2.42. The largest absolute Gasteiger partial charge is 0.496 e. The number of ketones is 1. The van der Waals surface area contributed by atoms with E-state index in [4.69, 9.17) is 9.47 Å². The van der Waals surface area contributed by atoms with Crippen LogP contribution in [-0.2, 0) is 19.6 Å². The highest BCUT2D eigenvalue weighted by Crippen LogP contribution is 2.31. The van der Waals surface area contributed by atoms with Crippen molar-refractivity contribution < 1.29 is 27.5 Å². The second-order valence-electron chi connectivity index (χ2n) is 7.73. The van der Waals surface area contributed by atoms with E-state index in [0.29, 0.717) is 35.3 Å². The maximum Gasteiger partial charge on any atom is 0.324 e. The molecule has 0 bridgehead atoms. The summed E-state index contributed by atoms with van der Waals surface area (Å²) in [5, 5.41) is 0. The SMILES string of the molecule is COc1ccccc1C(=O)COC(=O)C1CCCN1S(=O)(=O)c1c(C)cc(C)cc1C. The Morgan fingerprint density at radius 1 is 1.10 bits per heavy atom. The van der Waals surface area contributed by atoms with Crippen LogP contribution in [0.5, 0.6) is 5.75 Å². The van der Waals surface area contributed by atoms with E-state index in [0.717, 1.165) is 5.56 Å². The first-order valence-electron chi connectivity index (χ1n) is 10.1. The van der Waals surface area contributed by atoms with Gasteiger partial charge in [0.2, 0.25) is 15.8 Å². The van der Waals surface area contributed by atoms with Gasteiger partial charge in [-0.05, 0) is 56.9 Å². The molecular weight excluding hydrogens is 418 g/mol. The Morgan fingerprint density at radius 2 is 1.74 bits per heavy atom. The Bertz CT molecular complexity index is 1090. The number of ether oxygens (including phenoxy) is 2. The summed E-state index contributed by atoms with van der Waals surface area (Å²) in [6.07, 6.45) is 0.897. The van der Waals surface area contributed by atoms with Gasteiger partial charge in [-0.1, -0.05) is 29.8 Å². The van der Waals surface area contributed by atoms with Gasteiger partial charge in [0.05, 0.1) is 17.6 Å². The van der Waals surface area contributed by atoms with E-state index in [1.54, 1.807) is 38.1 Å². The van der Waals surface area contributed by atoms with Crippen LogP contribution in [0, 0.1) is 20.8 Å². The van der Waals surface area contributed by atoms with Crippen LogP contribution in [0.1, 0.15) is 39.9 Å². The van der Waals surface area contributed by atoms with Crippen molar-refractivity contribution in [1.82, 2.24) is 4.31 Å². The Balaban J connectivity index is 1.77. The minimum Gasteiger partial charge on any atom is -0.496 e. The summed E-state index contributed by atoms with van der Waals surface area (Å²) in [5.41, 5.74) is 2.56. The van der Waals surface area contributed by atoms with Gasteiger partial charge in [-0.25, -0.2) is 8.42 Å². The van der Waals surface area contributed by atoms with Gasteiger partial charge in [-0.3, -0.25) is 9.59 Å². The molecule has 1 unspecified atom stereocenters. The molecule has 7 nitrogen and oxygen atoms in total. The first-order chi connectivity index (χ1) is 14.7. The number of methoxy groups -OCH3 is 1. The fraction of sp³-hybridized carbons (Fsp3) is 0.391. The summed E-state index contributed by atoms with van der Waals surface area (Å²) >= 11 is 0. The summed E-state index contributed by atoms with van der Waals surface area (Å²) in [4.78, 5) is 25.4. The number of hydrogen-bond donors (Lipinski definition) is 0. The molecule has 0 amide bonds. The van der Waals surface area contributed by atoms with Crippen molar-refractivity contribution in [2.45, 2.75) is 44.6 Å². The fourth-order valence-electron chi connectivity index (χ4n) is 4.14. The van der Waals surface area contributed by atoms with E-state index in [-0.39, 0.29) is 11.4 Å². The zero-order chi connectivity index (χ0) is 22.8. The standard InChI is InChI=1S/C23H27NO6S/c1-15-12-16(2)22(17(3)13-15)31(27,28)24-11-7-9-19(24)23(26)30-14-20(25)18-8-5-6-10-21(18)29-4/h5-6,8,10,12-13,19H,7,9,11,14H2,1-4H3. The lowest BCUT2D eigenvalue weighted by Gasteiger charge is -2.24. The number of Topliss-reactive ketones (excluding diaryl/α,β-unsaturated/α-hetero) is 1. The van der Waals surface area contributed by atoms with E-state index in [9.17, 15) is 18.0 Å². The van der Waals surface area contributed by atoms with Crippen LogP contribution in [0.3, 0.4) is 0 Å². The summed E-state index contributed by atoms with van der Waals surface area (Å²) in [6, 6.07) is 9.34. The number of nitrogens with zero attached hydrogens (tertiary/aromatic N) is 1. The second kappa shape index (κ2) is 9.20. The van der Waals surface area contributed by atoms with Crippen LogP contribution in [0.25, 0.3) is 0 Å². The number of rotatable bonds is 7. The van der Waals surface area contributed by atoms with Gasteiger partial charge in [-0.2, -0.15) is 4.31 Å². The van der Waals surface area contributed by atoms with E-state index in [1.165, 1.54) is 11.4 Å². The molecule has 0 aliphatic carbocycles. The van der Waals surface area contributed by atoms with Crippen molar-refractivity contribution in [3.63, 3.8) is 0 Å². The van der Waals surface area contributed by atoms with Crippen LogP contribution >= 0.6 is 0 Å². The molecule has 1 atom stereocenters. The highest BCUT2D eigenvalue weighted by Gasteiger charge is 2.41. The number of para-hydroxylation sites is 1. The third-order valence-electron chi connectivity index (χ3n) is 5.40. The number of benzene rings is 2. The molecule has 1 aliphatic rings. The summed E-state index contributed by atoms with van der Waals surface area (Å²) < 4.78 is 38.4. The van der Waals surface area contributed by atoms with Crippen molar-refractivity contribution in [1.29, 1.82) is 0 Å². The molecule has 0 N–H and O–H groups in total. The van der Waals surface area contributed by atoms with Crippen molar-refractivity contribution in [2.24, 2.45) is 0 Å². The quantitative estimate of drug-likeness (QED) is 0.480. The van der Waals surface area contributed by atoms with Crippen molar-refractivity contribution in [3.8, 4) is 5.75 Å². The van der Waals surface area contributed by atoms with E-state index in [1.807, 2.05) is 19.1 Å². The smallest absolute Gasteiger partial charge is 0.324 e. The predicted molar refractivity (Wildman–Crippen MR) is 116 cm³/mol.